The molecule has 1 aromatic heterocycles. The van der Waals surface area contributed by atoms with Crippen LogP contribution in [-0.2, 0) is 17.6 Å². The zero-order valence-corrected chi connectivity index (χ0v) is 10.8. The molecule has 0 spiro atoms. The lowest BCUT2D eigenvalue weighted by molar-refractivity contribution is -0.137. The Morgan fingerprint density at radius 3 is 3.10 bits per heavy atom. The molecule has 0 saturated heterocycles. The largest absolute Gasteiger partial charge is 0.493 e. The third-order valence-corrected chi connectivity index (χ3v) is 3.28. The second-order valence-corrected chi connectivity index (χ2v) is 4.76. The zero-order valence-electron chi connectivity index (χ0n) is 10.8. The van der Waals surface area contributed by atoms with Crippen LogP contribution in [0.15, 0.2) is 28.8 Å². The quantitative estimate of drug-likeness (QED) is 0.915. The SMILES string of the molecule is O=C(O)CCc1nc(C2COc3ccccc3C2)no1. The van der Waals surface area contributed by atoms with Crippen LogP contribution in [0.3, 0.4) is 0 Å². The maximum Gasteiger partial charge on any atom is 0.303 e. The van der Waals surface area contributed by atoms with E-state index >= 15 is 0 Å². The van der Waals surface area contributed by atoms with Crippen LogP contribution in [0.4, 0.5) is 0 Å². The summed E-state index contributed by atoms with van der Waals surface area (Å²) in [6, 6.07) is 7.88. The maximum absolute atomic E-state index is 10.5. The van der Waals surface area contributed by atoms with Crippen molar-refractivity contribution in [2.75, 3.05) is 6.61 Å². The van der Waals surface area contributed by atoms with E-state index in [9.17, 15) is 4.79 Å². The van der Waals surface area contributed by atoms with Gasteiger partial charge in [-0.2, -0.15) is 4.98 Å². The van der Waals surface area contributed by atoms with Crippen molar-refractivity contribution in [1.29, 1.82) is 0 Å². The average molecular weight is 274 g/mol. The summed E-state index contributed by atoms with van der Waals surface area (Å²) >= 11 is 0. The molecule has 2 aromatic rings. The first-order chi connectivity index (χ1) is 9.72. The molecule has 6 heteroatoms. The summed E-state index contributed by atoms with van der Waals surface area (Å²) in [7, 11) is 0. The van der Waals surface area contributed by atoms with Gasteiger partial charge in [-0.05, 0) is 18.1 Å². The number of fused-ring (bicyclic) bond motifs is 1. The van der Waals surface area contributed by atoms with Crippen molar-refractivity contribution in [3.05, 3.63) is 41.5 Å². The molecular formula is C14H14N2O4. The molecule has 1 aromatic carbocycles. The van der Waals surface area contributed by atoms with Gasteiger partial charge in [0.15, 0.2) is 5.82 Å². The second kappa shape index (κ2) is 5.32. The number of rotatable bonds is 4. The van der Waals surface area contributed by atoms with Gasteiger partial charge in [0.25, 0.3) is 0 Å². The van der Waals surface area contributed by atoms with E-state index in [2.05, 4.69) is 10.1 Å². The summed E-state index contributed by atoms with van der Waals surface area (Å²) in [6.07, 6.45) is 1.05. The fourth-order valence-electron chi connectivity index (χ4n) is 2.24. The van der Waals surface area contributed by atoms with Crippen molar-refractivity contribution < 1.29 is 19.2 Å². The standard InChI is InChI=1S/C14H14N2O4/c17-13(18)6-5-12-15-14(16-20-12)10-7-9-3-1-2-4-11(9)19-8-10/h1-4,10H,5-8H2,(H,17,18). The number of aromatic nitrogens is 2. The highest BCUT2D eigenvalue weighted by atomic mass is 16.5. The number of hydrogen-bond acceptors (Lipinski definition) is 5. The predicted octanol–water partition coefficient (Wildman–Crippen LogP) is 1.81. The van der Waals surface area contributed by atoms with E-state index in [-0.39, 0.29) is 18.8 Å². The van der Waals surface area contributed by atoms with Crippen molar-refractivity contribution in [3.8, 4) is 5.75 Å². The molecule has 104 valence electrons. The number of carboxylic acids is 1. The molecular weight excluding hydrogens is 260 g/mol. The van der Waals surface area contributed by atoms with E-state index < -0.39 is 5.97 Å². The van der Waals surface area contributed by atoms with Crippen molar-refractivity contribution in [2.24, 2.45) is 0 Å². The van der Waals surface area contributed by atoms with Crippen LogP contribution < -0.4 is 4.74 Å². The van der Waals surface area contributed by atoms with E-state index in [4.69, 9.17) is 14.4 Å². The van der Waals surface area contributed by atoms with Gasteiger partial charge in [-0.15, -0.1) is 0 Å². The third-order valence-electron chi connectivity index (χ3n) is 3.28. The van der Waals surface area contributed by atoms with Crippen LogP contribution >= 0.6 is 0 Å². The smallest absolute Gasteiger partial charge is 0.303 e. The van der Waals surface area contributed by atoms with Crippen LogP contribution in [0.2, 0.25) is 0 Å². The van der Waals surface area contributed by atoms with Gasteiger partial charge in [0.05, 0.1) is 18.9 Å². The number of ether oxygens (including phenoxy) is 1. The molecule has 0 aliphatic carbocycles. The van der Waals surface area contributed by atoms with Gasteiger partial charge >= 0.3 is 5.97 Å². The molecule has 0 fully saturated rings. The number of benzene rings is 1. The molecule has 1 unspecified atom stereocenters. The summed E-state index contributed by atoms with van der Waals surface area (Å²) < 4.78 is 10.8. The number of para-hydroxylation sites is 1. The molecule has 1 aliphatic rings. The van der Waals surface area contributed by atoms with Crippen LogP contribution in [-0.4, -0.2) is 27.8 Å². The van der Waals surface area contributed by atoms with Gasteiger partial charge in [-0.3, -0.25) is 4.79 Å². The van der Waals surface area contributed by atoms with Crippen LogP contribution in [0.25, 0.3) is 0 Å². The molecule has 1 aliphatic heterocycles. The lowest BCUT2D eigenvalue weighted by atomic mass is 9.96. The average Bonchev–Trinajstić information content (AvgIpc) is 2.93. The van der Waals surface area contributed by atoms with Crippen molar-refractivity contribution in [3.63, 3.8) is 0 Å². The fraction of sp³-hybridized carbons (Fsp3) is 0.357. The highest BCUT2D eigenvalue weighted by Gasteiger charge is 2.25. The second-order valence-electron chi connectivity index (χ2n) is 4.76. The van der Waals surface area contributed by atoms with Gasteiger partial charge in [-0.1, -0.05) is 23.4 Å². The van der Waals surface area contributed by atoms with E-state index in [0.29, 0.717) is 18.3 Å². The zero-order chi connectivity index (χ0) is 13.9. The van der Waals surface area contributed by atoms with Gasteiger partial charge < -0.3 is 14.4 Å². The van der Waals surface area contributed by atoms with Gasteiger partial charge in [0, 0.05) is 6.42 Å². The fourth-order valence-corrected chi connectivity index (χ4v) is 2.24. The minimum atomic E-state index is -0.875. The van der Waals surface area contributed by atoms with Gasteiger partial charge in [-0.25, -0.2) is 0 Å². The van der Waals surface area contributed by atoms with Crippen molar-refractivity contribution in [1.82, 2.24) is 10.1 Å². The minimum Gasteiger partial charge on any atom is -0.493 e. The number of hydrogen-bond donors (Lipinski definition) is 1. The van der Waals surface area contributed by atoms with E-state index in [1.54, 1.807) is 0 Å². The van der Waals surface area contributed by atoms with E-state index in [1.165, 1.54) is 0 Å². The van der Waals surface area contributed by atoms with Crippen LogP contribution in [0.5, 0.6) is 5.75 Å². The Balaban J connectivity index is 1.70. The monoisotopic (exact) mass is 274 g/mol. The molecule has 1 atom stereocenters. The normalized spacial score (nSPS) is 17.3. The molecule has 3 rings (SSSR count). The Labute approximate surface area is 115 Å². The van der Waals surface area contributed by atoms with Crippen LogP contribution in [0, 0.1) is 0 Å². The van der Waals surface area contributed by atoms with E-state index in [1.807, 2.05) is 24.3 Å². The van der Waals surface area contributed by atoms with E-state index in [0.717, 1.165) is 17.7 Å². The lowest BCUT2D eigenvalue weighted by Crippen LogP contribution is -2.20. The molecule has 20 heavy (non-hydrogen) atoms. The molecule has 6 nitrogen and oxygen atoms in total. The Bertz CT molecular complexity index is 623. The van der Waals surface area contributed by atoms with Gasteiger partial charge in [0.1, 0.15) is 5.75 Å². The topological polar surface area (TPSA) is 85.5 Å². The van der Waals surface area contributed by atoms with Crippen LogP contribution in [0.1, 0.15) is 29.6 Å². The summed E-state index contributed by atoms with van der Waals surface area (Å²) in [5.74, 6) is 1.02. The Morgan fingerprint density at radius 1 is 1.40 bits per heavy atom. The predicted molar refractivity (Wildman–Crippen MR) is 68.6 cm³/mol. The first-order valence-corrected chi connectivity index (χ1v) is 6.47. The summed E-state index contributed by atoms with van der Waals surface area (Å²) in [5.41, 5.74) is 1.13. The van der Waals surface area contributed by atoms with Gasteiger partial charge in [0.2, 0.25) is 5.89 Å². The third kappa shape index (κ3) is 2.64. The molecule has 0 bridgehead atoms. The number of aliphatic carboxylic acids is 1. The molecule has 0 amide bonds. The number of nitrogens with zero attached hydrogens (tertiary/aromatic N) is 2. The first-order valence-electron chi connectivity index (χ1n) is 6.47. The molecule has 0 saturated carbocycles. The highest BCUT2D eigenvalue weighted by molar-refractivity contribution is 5.66. The van der Waals surface area contributed by atoms with Crippen molar-refractivity contribution >= 4 is 5.97 Å². The highest BCUT2D eigenvalue weighted by Crippen LogP contribution is 2.30. The molecule has 0 radical (unpaired) electrons. The van der Waals surface area contributed by atoms with Crippen molar-refractivity contribution in [2.45, 2.75) is 25.2 Å². The summed E-state index contributed by atoms with van der Waals surface area (Å²) in [4.78, 5) is 14.8. The first kappa shape index (κ1) is 12.7. The molecule has 2 heterocycles. The number of carbonyl (C=O) groups is 1. The maximum atomic E-state index is 10.5. The lowest BCUT2D eigenvalue weighted by Gasteiger charge is -2.22. The number of aryl methyl sites for hydroxylation is 1. The Kier molecular flexibility index (Phi) is 3.37. The number of carboxylic acid groups (broad SMARTS) is 1. The Morgan fingerprint density at radius 2 is 2.25 bits per heavy atom. The minimum absolute atomic E-state index is 0.00830. The Hall–Kier alpha value is -2.37. The molecule has 1 N–H and O–H groups in total. The summed E-state index contributed by atoms with van der Waals surface area (Å²) in [5, 5.41) is 12.6. The summed E-state index contributed by atoms with van der Waals surface area (Å²) in [6.45, 7) is 0.509.